The first-order valence-electron chi connectivity index (χ1n) is 4.24. The fourth-order valence-electron chi connectivity index (χ4n) is 1.02. The Balaban J connectivity index is 0.000000251. The van der Waals surface area contributed by atoms with E-state index in [0.717, 1.165) is 5.52 Å². The van der Waals surface area contributed by atoms with Crippen LogP contribution in [-0.2, 0) is 0 Å². The molecule has 1 heterocycles. The summed E-state index contributed by atoms with van der Waals surface area (Å²) in [7, 11) is 0. The zero-order chi connectivity index (χ0) is 9.52. The Morgan fingerprint density at radius 3 is 2.46 bits per heavy atom. The van der Waals surface area contributed by atoms with Crippen LogP contribution in [0.15, 0.2) is 42.6 Å². The Bertz CT molecular complexity index is 294. The Morgan fingerprint density at radius 1 is 1.15 bits per heavy atom. The monoisotopic (exact) mass is 285 g/mol. The molecule has 0 unspecified atom stereocenters. The van der Waals surface area contributed by atoms with Crippen molar-refractivity contribution in [3.8, 4) is 0 Å². The summed E-state index contributed by atoms with van der Waals surface area (Å²) in [5.74, 6) is 0. The van der Waals surface area contributed by atoms with E-state index in [2.05, 4.69) is 46.6 Å². The SMILES string of the molecule is CCI.c1ccc2ncccc2c1. The first-order chi connectivity index (χ1) is 6.38. The normalized spacial score (nSPS) is 9.08. The number of nitrogens with zero attached hydrogens (tertiary/aromatic N) is 1. The van der Waals surface area contributed by atoms with Gasteiger partial charge in [-0.1, -0.05) is 53.8 Å². The Hall–Kier alpha value is -0.640. The quantitative estimate of drug-likeness (QED) is 0.531. The third kappa shape index (κ3) is 3.30. The van der Waals surface area contributed by atoms with Crippen molar-refractivity contribution in [2.45, 2.75) is 6.92 Å². The van der Waals surface area contributed by atoms with Gasteiger partial charge in [-0.15, -0.1) is 0 Å². The summed E-state index contributed by atoms with van der Waals surface area (Å²) in [6.07, 6.45) is 1.81. The van der Waals surface area contributed by atoms with Crippen molar-refractivity contribution in [3.63, 3.8) is 0 Å². The molecule has 0 radical (unpaired) electrons. The number of para-hydroxylation sites is 1. The van der Waals surface area contributed by atoms with Gasteiger partial charge in [0.2, 0.25) is 0 Å². The molecule has 1 nitrogen and oxygen atoms in total. The minimum absolute atomic E-state index is 1.06. The van der Waals surface area contributed by atoms with Crippen molar-refractivity contribution in [3.05, 3.63) is 42.6 Å². The molecule has 0 atom stereocenters. The number of rotatable bonds is 0. The van der Waals surface area contributed by atoms with Crippen molar-refractivity contribution in [1.29, 1.82) is 0 Å². The summed E-state index contributed by atoms with van der Waals surface area (Å²) in [5.41, 5.74) is 1.06. The molecule has 68 valence electrons. The van der Waals surface area contributed by atoms with Crippen LogP contribution in [-0.4, -0.2) is 9.41 Å². The van der Waals surface area contributed by atoms with Gasteiger partial charge < -0.3 is 0 Å². The lowest BCUT2D eigenvalue weighted by molar-refractivity contribution is 1.41. The largest absolute Gasteiger partial charge is 0.256 e. The van der Waals surface area contributed by atoms with E-state index < -0.39 is 0 Å². The molecule has 0 saturated heterocycles. The second-order valence-electron chi connectivity index (χ2n) is 2.46. The molecule has 0 N–H and O–H groups in total. The smallest absolute Gasteiger partial charge is 0.0701 e. The molecule has 0 bridgehead atoms. The fraction of sp³-hybridized carbons (Fsp3) is 0.182. The van der Waals surface area contributed by atoms with Gasteiger partial charge in [-0.3, -0.25) is 4.98 Å². The van der Waals surface area contributed by atoms with Crippen LogP contribution < -0.4 is 0 Å². The van der Waals surface area contributed by atoms with Gasteiger partial charge in [0, 0.05) is 11.6 Å². The highest BCUT2D eigenvalue weighted by Crippen LogP contribution is 2.07. The highest BCUT2D eigenvalue weighted by atomic mass is 127. The van der Waals surface area contributed by atoms with Crippen LogP contribution in [0.25, 0.3) is 10.9 Å². The average molecular weight is 285 g/mol. The van der Waals surface area contributed by atoms with Gasteiger partial charge in [-0.25, -0.2) is 0 Å². The molecule has 0 aliphatic carbocycles. The van der Waals surface area contributed by atoms with Crippen molar-refractivity contribution in [1.82, 2.24) is 4.98 Å². The minimum atomic E-state index is 1.06. The molecule has 2 aromatic rings. The third-order valence-corrected chi connectivity index (χ3v) is 1.51. The van der Waals surface area contributed by atoms with E-state index >= 15 is 0 Å². The van der Waals surface area contributed by atoms with Gasteiger partial charge in [-0.05, 0) is 16.6 Å². The maximum Gasteiger partial charge on any atom is 0.0701 e. The lowest BCUT2D eigenvalue weighted by Crippen LogP contribution is -1.73. The van der Waals surface area contributed by atoms with Crippen LogP contribution in [0.4, 0.5) is 0 Å². The van der Waals surface area contributed by atoms with Crippen molar-refractivity contribution < 1.29 is 0 Å². The predicted molar refractivity (Wildman–Crippen MR) is 66.3 cm³/mol. The standard InChI is InChI=1S/C9H7N.C2H5I/c1-2-6-9-8(4-1)5-3-7-10-9;1-2-3/h1-7H;2H2,1H3. The number of halogens is 1. The topological polar surface area (TPSA) is 12.9 Å². The average Bonchev–Trinajstić information content (AvgIpc) is 2.19. The maximum atomic E-state index is 4.18. The molecule has 0 aliphatic heterocycles. The first kappa shape index (κ1) is 10.4. The molecular formula is C11H12IN. The number of aromatic nitrogens is 1. The Labute approximate surface area is 92.3 Å². The molecule has 0 saturated carbocycles. The molecule has 0 spiro atoms. The minimum Gasteiger partial charge on any atom is -0.256 e. The Morgan fingerprint density at radius 2 is 1.77 bits per heavy atom. The maximum absolute atomic E-state index is 4.18. The first-order valence-corrected chi connectivity index (χ1v) is 5.76. The number of alkyl halides is 1. The number of fused-ring (bicyclic) bond motifs is 1. The van der Waals surface area contributed by atoms with Crippen LogP contribution in [0, 0.1) is 0 Å². The van der Waals surface area contributed by atoms with Crippen molar-refractivity contribution >= 4 is 33.5 Å². The highest BCUT2D eigenvalue weighted by Gasteiger charge is 1.86. The van der Waals surface area contributed by atoms with E-state index in [9.17, 15) is 0 Å². The summed E-state index contributed by atoms with van der Waals surface area (Å²) in [5, 5.41) is 1.20. The van der Waals surface area contributed by atoms with E-state index in [0.29, 0.717) is 0 Å². The zero-order valence-electron chi connectivity index (χ0n) is 7.57. The molecule has 2 rings (SSSR count). The summed E-state index contributed by atoms with van der Waals surface area (Å²) in [4.78, 5) is 4.18. The lowest BCUT2D eigenvalue weighted by atomic mass is 10.2. The van der Waals surface area contributed by atoms with E-state index in [1.165, 1.54) is 9.81 Å². The van der Waals surface area contributed by atoms with Gasteiger partial charge >= 0.3 is 0 Å². The van der Waals surface area contributed by atoms with Gasteiger partial charge in [-0.2, -0.15) is 0 Å². The molecule has 0 fully saturated rings. The van der Waals surface area contributed by atoms with E-state index in [4.69, 9.17) is 0 Å². The fourth-order valence-corrected chi connectivity index (χ4v) is 1.02. The number of pyridine rings is 1. The molecule has 1 aromatic carbocycles. The summed E-state index contributed by atoms with van der Waals surface area (Å²) >= 11 is 2.29. The third-order valence-electron chi connectivity index (χ3n) is 1.51. The van der Waals surface area contributed by atoms with Crippen LogP contribution in [0.1, 0.15) is 6.92 Å². The van der Waals surface area contributed by atoms with Gasteiger partial charge in [0.25, 0.3) is 0 Å². The lowest BCUT2D eigenvalue weighted by Gasteiger charge is -1.91. The molecule has 2 heteroatoms. The second-order valence-corrected chi connectivity index (χ2v) is 3.99. The molecule has 0 aliphatic rings. The van der Waals surface area contributed by atoms with Crippen LogP contribution >= 0.6 is 22.6 Å². The number of benzene rings is 1. The van der Waals surface area contributed by atoms with Crippen LogP contribution in [0.3, 0.4) is 0 Å². The van der Waals surface area contributed by atoms with Crippen LogP contribution in [0.2, 0.25) is 0 Å². The summed E-state index contributed by atoms with van der Waals surface area (Å²) < 4.78 is 1.22. The van der Waals surface area contributed by atoms with E-state index in [1.54, 1.807) is 0 Å². The molecule has 13 heavy (non-hydrogen) atoms. The second kappa shape index (κ2) is 5.91. The van der Waals surface area contributed by atoms with E-state index in [1.807, 2.05) is 30.5 Å². The van der Waals surface area contributed by atoms with Crippen molar-refractivity contribution in [2.24, 2.45) is 0 Å². The molecular weight excluding hydrogens is 273 g/mol. The zero-order valence-corrected chi connectivity index (χ0v) is 9.73. The van der Waals surface area contributed by atoms with Gasteiger partial charge in [0.1, 0.15) is 0 Å². The molecule has 0 amide bonds. The highest BCUT2D eigenvalue weighted by molar-refractivity contribution is 14.1. The van der Waals surface area contributed by atoms with Crippen molar-refractivity contribution in [2.75, 3.05) is 4.43 Å². The number of hydrogen-bond donors (Lipinski definition) is 0. The molecule has 1 aromatic heterocycles. The summed E-state index contributed by atoms with van der Waals surface area (Å²) in [6.45, 7) is 2.11. The van der Waals surface area contributed by atoms with Gasteiger partial charge in [0.05, 0.1) is 5.52 Å². The van der Waals surface area contributed by atoms with E-state index in [-0.39, 0.29) is 0 Å². The summed E-state index contributed by atoms with van der Waals surface area (Å²) in [6, 6.07) is 12.1. The predicted octanol–water partition coefficient (Wildman–Crippen LogP) is 3.68. The van der Waals surface area contributed by atoms with Crippen LogP contribution in [0.5, 0.6) is 0 Å². The Kier molecular flexibility index (Phi) is 4.75. The number of hydrogen-bond acceptors (Lipinski definition) is 1. The van der Waals surface area contributed by atoms with Gasteiger partial charge in [0.15, 0.2) is 0 Å².